The number of carbonyl (C=O) groups excluding carboxylic acids is 1. The van der Waals surface area contributed by atoms with Gasteiger partial charge in [0.15, 0.2) is 5.60 Å². The van der Waals surface area contributed by atoms with Crippen LogP contribution in [0.4, 0.5) is 5.69 Å². The molecule has 1 aliphatic heterocycles. The summed E-state index contributed by atoms with van der Waals surface area (Å²) >= 11 is 0. The molecule has 0 fully saturated rings. The first-order chi connectivity index (χ1) is 16.2. The van der Waals surface area contributed by atoms with Gasteiger partial charge in [0.05, 0.1) is 5.57 Å². The summed E-state index contributed by atoms with van der Waals surface area (Å²) in [5.74, 6) is -0.333. The van der Waals surface area contributed by atoms with Gasteiger partial charge >= 0.3 is 5.97 Å². The SMILES string of the molecule is CC/C=C(\C=C/CC1(c2ccc(N(C)C)cc2)OC(=O)C2=CC1/C=C\C/C(N(C)C)=C\2)N(C)C. The van der Waals surface area contributed by atoms with E-state index in [2.05, 4.69) is 77.4 Å². The maximum Gasteiger partial charge on any atom is 0.338 e. The lowest BCUT2D eigenvalue weighted by atomic mass is 9.75. The molecule has 0 N–H and O–H groups in total. The first-order valence-corrected chi connectivity index (χ1v) is 12.0. The molecular formula is C29H39N3O2. The summed E-state index contributed by atoms with van der Waals surface area (Å²) in [6.07, 6.45) is 17.2. The number of fused-ring (bicyclic) bond motifs is 1. The minimum absolute atomic E-state index is 0.0621. The van der Waals surface area contributed by atoms with Crippen LogP contribution in [0.3, 0.4) is 0 Å². The lowest BCUT2D eigenvalue weighted by Crippen LogP contribution is -2.42. The number of esters is 1. The lowest BCUT2D eigenvalue weighted by Gasteiger charge is -2.41. The molecule has 0 amide bonds. The van der Waals surface area contributed by atoms with Crippen molar-refractivity contribution in [2.24, 2.45) is 5.92 Å². The Hall–Kier alpha value is -3.21. The summed E-state index contributed by atoms with van der Waals surface area (Å²) in [6, 6.07) is 8.37. The molecule has 0 aromatic heterocycles. The fourth-order valence-corrected chi connectivity index (χ4v) is 4.44. The van der Waals surface area contributed by atoms with Crippen molar-refractivity contribution in [3.8, 4) is 0 Å². The lowest BCUT2D eigenvalue weighted by molar-refractivity contribution is -0.161. The highest BCUT2D eigenvalue weighted by Crippen LogP contribution is 2.45. The smallest absolute Gasteiger partial charge is 0.338 e. The molecule has 0 spiro atoms. The van der Waals surface area contributed by atoms with Gasteiger partial charge in [-0.15, -0.1) is 0 Å². The summed E-state index contributed by atoms with van der Waals surface area (Å²) in [6.45, 7) is 2.13. The summed E-state index contributed by atoms with van der Waals surface area (Å²) in [4.78, 5) is 19.5. The number of hydrogen-bond acceptors (Lipinski definition) is 5. The predicted molar refractivity (Wildman–Crippen MR) is 141 cm³/mol. The van der Waals surface area contributed by atoms with E-state index in [-0.39, 0.29) is 11.9 Å². The van der Waals surface area contributed by atoms with Crippen LogP contribution in [-0.2, 0) is 15.1 Å². The summed E-state index contributed by atoms with van der Waals surface area (Å²) < 4.78 is 6.37. The van der Waals surface area contributed by atoms with E-state index in [1.807, 2.05) is 53.3 Å². The molecule has 0 radical (unpaired) electrons. The van der Waals surface area contributed by atoms with E-state index >= 15 is 0 Å². The molecule has 2 aliphatic rings. The van der Waals surface area contributed by atoms with E-state index in [4.69, 9.17) is 4.74 Å². The standard InChI is InChI=1S/C29H39N3O2/c1-8-11-25(30(2)3)14-10-19-29(23-15-17-26(18-16-23)31(4)5)24-12-9-13-27(32(6)7)21-22(20-24)28(33)34-29/h9-12,14-18,20-21,24H,8,13,19H2,1-7H3/b12-9-,14-10-,25-11+,27-21+. The Kier molecular flexibility index (Phi) is 8.08. The van der Waals surface area contributed by atoms with E-state index in [9.17, 15) is 4.79 Å². The number of cyclic esters (lactones) is 1. The molecule has 34 heavy (non-hydrogen) atoms. The zero-order valence-electron chi connectivity index (χ0n) is 21.7. The molecule has 2 atom stereocenters. The van der Waals surface area contributed by atoms with Crippen LogP contribution in [0.1, 0.15) is 31.7 Å². The van der Waals surface area contributed by atoms with Crippen molar-refractivity contribution in [2.75, 3.05) is 47.2 Å². The first-order valence-electron chi connectivity index (χ1n) is 12.0. The van der Waals surface area contributed by atoms with Crippen molar-refractivity contribution in [1.29, 1.82) is 0 Å². The zero-order chi connectivity index (χ0) is 24.9. The van der Waals surface area contributed by atoms with Gasteiger partial charge in [-0.2, -0.15) is 0 Å². The van der Waals surface area contributed by atoms with E-state index in [1.165, 1.54) is 0 Å². The molecule has 1 heterocycles. The average molecular weight is 462 g/mol. The third-order valence-electron chi connectivity index (χ3n) is 6.49. The van der Waals surface area contributed by atoms with E-state index in [0.717, 1.165) is 35.5 Å². The molecule has 2 unspecified atom stereocenters. The van der Waals surface area contributed by atoms with Crippen molar-refractivity contribution in [3.63, 3.8) is 0 Å². The third kappa shape index (κ3) is 5.46. The molecule has 182 valence electrons. The van der Waals surface area contributed by atoms with E-state index in [1.54, 1.807) is 0 Å². The fraction of sp³-hybridized carbons (Fsp3) is 0.414. The largest absolute Gasteiger partial charge is 0.449 e. The normalized spacial score (nSPS) is 25.0. The molecule has 3 rings (SSSR count). The Labute approximate surface area is 205 Å². The van der Waals surface area contributed by atoms with Gasteiger partial charge in [-0.3, -0.25) is 0 Å². The molecule has 1 aliphatic carbocycles. The molecule has 0 saturated heterocycles. The van der Waals surface area contributed by atoms with Crippen LogP contribution in [0.15, 0.2) is 83.8 Å². The highest BCUT2D eigenvalue weighted by molar-refractivity contribution is 5.93. The maximum absolute atomic E-state index is 13.3. The monoisotopic (exact) mass is 461 g/mol. The van der Waals surface area contributed by atoms with Gasteiger partial charge in [0.1, 0.15) is 0 Å². The minimum atomic E-state index is -0.800. The van der Waals surface area contributed by atoms with Gasteiger partial charge in [0.2, 0.25) is 0 Å². The van der Waals surface area contributed by atoms with Crippen LogP contribution in [0.25, 0.3) is 0 Å². The predicted octanol–water partition coefficient (Wildman–Crippen LogP) is 5.25. The highest BCUT2D eigenvalue weighted by atomic mass is 16.6. The maximum atomic E-state index is 13.3. The molecule has 5 heteroatoms. The summed E-state index contributed by atoms with van der Waals surface area (Å²) in [5.41, 5.74) is 4.17. The molecule has 2 bridgehead atoms. The topological polar surface area (TPSA) is 36.0 Å². The fourth-order valence-electron chi connectivity index (χ4n) is 4.44. The van der Waals surface area contributed by atoms with Gasteiger partial charge < -0.3 is 19.4 Å². The Morgan fingerprint density at radius 2 is 1.79 bits per heavy atom. The van der Waals surface area contributed by atoms with Crippen molar-refractivity contribution < 1.29 is 9.53 Å². The second kappa shape index (κ2) is 10.8. The van der Waals surface area contributed by atoms with Crippen LogP contribution < -0.4 is 4.90 Å². The van der Waals surface area contributed by atoms with Crippen LogP contribution in [0.2, 0.25) is 0 Å². The number of hydrogen-bond donors (Lipinski definition) is 0. The second-order valence-corrected chi connectivity index (χ2v) is 9.57. The van der Waals surface area contributed by atoms with Gasteiger partial charge in [0, 0.05) is 78.1 Å². The Morgan fingerprint density at radius 3 is 2.38 bits per heavy atom. The minimum Gasteiger partial charge on any atom is -0.449 e. The molecule has 0 saturated carbocycles. The number of ether oxygens (including phenoxy) is 1. The van der Waals surface area contributed by atoms with Crippen LogP contribution in [-0.4, -0.2) is 58.1 Å². The van der Waals surface area contributed by atoms with Crippen molar-refractivity contribution in [1.82, 2.24) is 9.80 Å². The van der Waals surface area contributed by atoms with Gasteiger partial charge in [0.25, 0.3) is 0 Å². The molecule has 5 nitrogen and oxygen atoms in total. The van der Waals surface area contributed by atoms with Crippen molar-refractivity contribution in [3.05, 3.63) is 89.3 Å². The number of anilines is 1. The number of carbonyl (C=O) groups is 1. The van der Waals surface area contributed by atoms with Crippen LogP contribution in [0, 0.1) is 5.92 Å². The van der Waals surface area contributed by atoms with Gasteiger partial charge in [-0.25, -0.2) is 4.79 Å². The van der Waals surface area contributed by atoms with Crippen molar-refractivity contribution in [2.45, 2.75) is 31.8 Å². The average Bonchev–Trinajstić information content (AvgIpc) is 2.77. The Morgan fingerprint density at radius 1 is 1.09 bits per heavy atom. The zero-order valence-corrected chi connectivity index (χ0v) is 21.7. The first kappa shape index (κ1) is 25.4. The van der Waals surface area contributed by atoms with E-state index < -0.39 is 5.60 Å². The number of allylic oxidation sites excluding steroid dienone is 3. The van der Waals surface area contributed by atoms with Crippen LogP contribution in [0.5, 0.6) is 0 Å². The summed E-state index contributed by atoms with van der Waals surface area (Å²) in [7, 11) is 12.1. The number of likely N-dealkylation sites (N-methyl/N-ethyl adjacent to an activating group) is 1. The van der Waals surface area contributed by atoms with Crippen molar-refractivity contribution >= 4 is 11.7 Å². The number of benzene rings is 1. The molecular weight excluding hydrogens is 422 g/mol. The third-order valence-corrected chi connectivity index (χ3v) is 6.49. The van der Waals surface area contributed by atoms with Crippen LogP contribution >= 0.6 is 0 Å². The van der Waals surface area contributed by atoms with Gasteiger partial charge in [-0.1, -0.05) is 49.4 Å². The molecule has 1 aromatic carbocycles. The van der Waals surface area contributed by atoms with E-state index in [0.29, 0.717) is 12.0 Å². The second-order valence-electron chi connectivity index (χ2n) is 9.57. The Balaban J connectivity index is 2.09. The quantitative estimate of drug-likeness (QED) is 0.300. The highest BCUT2D eigenvalue weighted by Gasteiger charge is 2.45. The summed E-state index contributed by atoms with van der Waals surface area (Å²) in [5, 5.41) is 0. The van der Waals surface area contributed by atoms with Gasteiger partial charge in [-0.05, 0) is 36.3 Å². The Bertz CT molecular complexity index is 1030. The molecule has 1 aromatic rings. The number of rotatable bonds is 8. The number of nitrogens with zero attached hydrogens (tertiary/aromatic N) is 3.